The van der Waals surface area contributed by atoms with Crippen LogP contribution in [0.25, 0.3) is 0 Å². The Hall–Kier alpha value is -1.87. The number of methoxy groups -OCH3 is 1. The molecular weight excluding hydrogens is 198 g/mol. The van der Waals surface area contributed by atoms with Crippen LogP contribution >= 0.6 is 0 Å². The summed E-state index contributed by atoms with van der Waals surface area (Å²) < 4.78 is 5.84. The van der Waals surface area contributed by atoms with Gasteiger partial charge in [-0.05, 0) is 6.07 Å². The van der Waals surface area contributed by atoms with Gasteiger partial charge >= 0.3 is 5.97 Å². The Morgan fingerprint density at radius 2 is 2.53 bits per heavy atom. The predicted molar refractivity (Wildman–Crippen MR) is 49.7 cm³/mol. The Balaban J connectivity index is 2.96. The van der Waals surface area contributed by atoms with Crippen molar-refractivity contribution in [1.29, 1.82) is 5.26 Å². The zero-order valence-corrected chi connectivity index (χ0v) is 8.47. The molecule has 0 saturated carbocycles. The molecular formula is C9H11N3O3. The van der Waals surface area contributed by atoms with Crippen LogP contribution in [0.4, 0.5) is 0 Å². The molecule has 6 heteroatoms. The molecule has 80 valence electrons. The van der Waals surface area contributed by atoms with Gasteiger partial charge in [0.15, 0.2) is 5.69 Å². The maximum absolute atomic E-state index is 11.1. The highest BCUT2D eigenvalue weighted by Gasteiger charge is 2.17. The molecule has 1 aromatic rings. The molecule has 0 aliphatic carbocycles. The van der Waals surface area contributed by atoms with Crippen molar-refractivity contribution >= 4 is 5.97 Å². The molecule has 0 aliphatic heterocycles. The minimum absolute atomic E-state index is 0.0415. The number of hydrogen-bond donors (Lipinski definition) is 1. The van der Waals surface area contributed by atoms with E-state index >= 15 is 0 Å². The van der Waals surface area contributed by atoms with Crippen LogP contribution in [0, 0.1) is 11.3 Å². The maximum Gasteiger partial charge on any atom is 0.358 e. The largest absolute Gasteiger partial charge is 0.464 e. The van der Waals surface area contributed by atoms with Gasteiger partial charge in [0.25, 0.3) is 0 Å². The van der Waals surface area contributed by atoms with E-state index in [0.717, 1.165) is 0 Å². The molecule has 0 spiro atoms. The average Bonchev–Trinajstić information content (AvgIpc) is 2.59. The van der Waals surface area contributed by atoms with E-state index in [4.69, 9.17) is 5.26 Å². The summed E-state index contributed by atoms with van der Waals surface area (Å²) in [5.41, 5.74) is 0.531. The van der Waals surface area contributed by atoms with Crippen LogP contribution in [-0.4, -0.2) is 28.0 Å². The maximum atomic E-state index is 11.1. The molecule has 1 rings (SSSR count). The normalized spacial score (nSPS) is 11.9. The van der Waals surface area contributed by atoms with Crippen molar-refractivity contribution < 1.29 is 14.6 Å². The highest BCUT2D eigenvalue weighted by molar-refractivity contribution is 5.87. The Morgan fingerprint density at radius 1 is 1.87 bits per heavy atom. The second kappa shape index (κ2) is 4.57. The summed E-state index contributed by atoms with van der Waals surface area (Å²) in [6, 6.07) is 3.25. The molecule has 1 atom stereocenters. The van der Waals surface area contributed by atoms with Gasteiger partial charge in [-0.15, -0.1) is 0 Å². The number of nitrogens with zero attached hydrogens (tertiary/aromatic N) is 3. The van der Waals surface area contributed by atoms with E-state index in [1.165, 1.54) is 17.9 Å². The topological polar surface area (TPSA) is 88.1 Å². The average molecular weight is 209 g/mol. The Bertz CT molecular complexity index is 405. The first-order valence-electron chi connectivity index (χ1n) is 4.27. The number of esters is 1. The van der Waals surface area contributed by atoms with Crippen molar-refractivity contribution in [1.82, 2.24) is 9.78 Å². The quantitative estimate of drug-likeness (QED) is 0.716. The summed E-state index contributed by atoms with van der Waals surface area (Å²) in [5, 5.41) is 21.8. The van der Waals surface area contributed by atoms with Gasteiger partial charge < -0.3 is 9.84 Å². The first-order chi connectivity index (χ1) is 7.10. The van der Waals surface area contributed by atoms with Crippen LogP contribution in [0.1, 0.15) is 28.7 Å². The minimum atomic E-state index is -0.939. The molecule has 0 fully saturated rings. The molecule has 0 saturated heterocycles. The number of rotatable bonds is 3. The fraction of sp³-hybridized carbons (Fsp3) is 0.444. The number of aliphatic hydroxyl groups is 1. The fourth-order valence-electron chi connectivity index (χ4n) is 1.19. The third kappa shape index (κ3) is 2.33. The van der Waals surface area contributed by atoms with Gasteiger partial charge in [-0.2, -0.15) is 10.4 Å². The van der Waals surface area contributed by atoms with Crippen molar-refractivity contribution in [3.63, 3.8) is 0 Å². The molecule has 15 heavy (non-hydrogen) atoms. The van der Waals surface area contributed by atoms with E-state index in [1.807, 2.05) is 6.07 Å². The van der Waals surface area contributed by atoms with Gasteiger partial charge in [0, 0.05) is 7.05 Å². The van der Waals surface area contributed by atoms with Crippen LogP contribution < -0.4 is 0 Å². The summed E-state index contributed by atoms with van der Waals surface area (Å²) in [7, 11) is 2.84. The summed E-state index contributed by atoms with van der Waals surface area (Å²) in [5.74, 6) is -0.569. The van der Waals surface area contributed by atoms with E-state index in [2.05, 4.69) is 9.84 Å². The molecule has 6 nitrogen and oxygen atoms in total. The predicted octanol–water partition coefficient (Wildman–Crippen LogP) is 0.154. The lowest BCUT2D eigenvalue weighted by atomic mass is 10.2. The first-order valence-corrected chi connectivity index (χ1v) is 4.27. The molecule has 0 bridgehead atoms. The molecule has 1 N–H and O–H groups in total. The van der Waals surface area contributed by atoms with Gasteiger partial charge in [0.05, 0.1) is 25.3 Å². The van der Waals surface area contributed by atoms with Crippen molar-refractivity contribution in [3.8, 4) is 6.07 Å². The third-order valence-electron chi connectivity index (χ3n) is 1.94. The van der Waals surface area contributed by atoms with Gasteiger partial charge in [0.1, 0.15) is 6.10 Å². The number of carbonyl (C=O) groups excluding carboxylic acids is 1. The second-order valence-corrected chi connectivity index (χ2v) is 2.95. The minimum Gasteiger partial charge on any atom is -0.464 e. The van der Waals surface area contributed by atoms with E-state index in [1.54, 1.807) is 7.05 Å². The fourth-order valence-corrected chi connectivity index (χ4v) is 1.19. The molecule has 0 aromatic carbocycles. The first kappa shape index (κ1) is 11.2. The van der Waals surface area contributed by atoms with Gasteiger partial charge in [-0.25, -0.2) is 4.79 Å². The van der Waals surface area contributed by atoms with E-state index < -0.39 is 12.1 Å². The second-order valence-electron chi connectivity index (χ2n) is 2.95. The van der Waals surface area contributed by atoms with Gasteiger partial charge in [0.2, 0.25) is 0 Å². The Labute approximate surface area is 86.7 Å². The third-order valence-corrected chi connectivity index (χ3v) is 1.94. The zero-order valence-electron chi connectivity index (χ0n) is 8.47. The number of aryl methyl sites for hydroxylation is 1. The summed E-state index contributed by atoms with van der Waals surface area (Å²) in [4.78, 5) is 11.1. The smallest absolute Gasteiger partial charge is 0.358 e. The standard InChI is InChI=1S/C9H11N3O3/c1-12-7(8(13)3-4-10)5-6(11-12)9(14)15-2/h5,8,13H,3H2,1-2H3. The van der Waals surface area contributed by atoms with Crippen molar-refractivity contribution in [2.75, 3.05) is 7.11 Å². The Morgan fingerprint density at radius 3 is 3.07 bits per heavy atom. The lowest BCUT2D eigenvalue weighted by Crippen LogP contribution is -2.05. The lowest BCUT2D eigenvalue weighted by molar-refractivity contribution is 0.0593. The summed E-state index contributed by atoms with van der Waals surface area (Å²) in [6.45, 7) is 0. The van der Waals surface area contributed by atoms with E-state index in [0.29, 0.717) is 5.69 Å². The number of aliphatic hydroxyl groups excluding tert-OH is 1. The number of ether oxygens (including phenoxy) is 1. The van der Waals surface area contributed by atoms with Crippen LogP contribution in [0.15, 0.2) is 6.07 Å². The summed E-state index contributed by atoms with van der Waals surface area (Å²) in [6.07, 6.45) is -0.980. The Kier molecular flexibility index (Phi) is 3.42. The van der Waals surface area contributed by atoms with Crippen molar-refractivity contribution in [3.05, 3.63) is 17.5 Å². The number of nitriles is 1. The number of hydrogen-bond acceptors (Lipinski definition) is 5. The molecule has 0 aliphatic rings. The molecule has 1 heterocycles. The lowest BCUT2D eigenvalue weighted by Gasteiger charge is -2.05. The van der Waals surface area contributed by atoms with Crippen LogP contribution in [0.2, 0.25) is 0 Å². The van der Waals surface area contributed by atoms with Gasteiger partial charge in [-0.3, -0.25) is 4.68 Å². The van der Waals surface area contributed by atoms with Crippen LogP contribution in [-0.2, 0) is 11.8 Å². The molecule has 1 aromatic heterocycles. The number of aromatic nitrogens is 2. The van der Waals surface area contributed by atoms with E-state index in [-0.39, 0.29) is 12.1 Å². The zero-order chi connectivity index (χ0) is 11.4. The van der Waals surface area contributed by atoms with Crippen LogP contribution in [0.3, 0.4) is 0 Å². The van der Waals surface area contributed by atoms with Crippen LogP contribution in [0.5, 0.6) is 0 Å². The summed E-state index contributed by atoms with van der Waals surface area (Å²) >= 11 is 0. The van der Waals surface area contributed by atoms with E-state index in [9.17, 15) is 9.90 Å². The molecule has 0 amide bonds. The number of carbonyl (C=O) groups is 1. The highest BCUT2D eigenvalue weighted by Crippen LogP contribution is 2.16. The van der Waals surface area contributed by atoms with Gasteiger partial charge in [-0.1, -0.05) is 0 Å². The SMILES string of the molecule is COC(=O)c1cc(C(O)CC#N)n(C)n1. The molecule has 1 unspecified atom stereocenters. The van der Waals surface area contributed by atoms with Crippen molar-refractivity contribution in [2.45, 2.75) is 12.5 Å². The molecule has 0 radical (unpaired) electrons. The van der Waals surface area contributed by atoms with Crippen molar-refractivity contribution in [2.24, 2.45) is 7.05 Å². The monoisotopic (exact) mass is 209 g/mol. The highest BCUT2D eigenvalue weighted by atomic mass is 16.5.